The van der Waals surface area contributed by atoms with E-state index in [1.165, 1.54) is 0 Å². The number of rotatable bonds is 10. The third-order valence-electron chi connectivity index (χ3n) is 2.49. The van der Waals surface area contributed by atoms with E-state index in [1.54, 1.807) is 0 Å². The lowest BCUT2D eigenvalue weighted by atomic mass is 10.2. The summed E-state index contributed by atoms with van der Waals surface area (Å²) in [7, 11) is -2.94. The van der Waals surface area contributed by atoms with E-state index in [-0.39, 0.29) is 23.8 Å². The van der Waals surface area contributed by atoms with Gasteiger partial charge in [0.15, 0.2) is 0 Å². The average molecular weight is 266 g/mol. The molecule has 0 heterocycles. The summed E-state index contributed by atoms with van der Waals surface area (Å²) < 4.78 is 23.2. The van der Waals surface area contributed by atoms with Crippen molar-refractivity contribution in [1.82, 2.24) is 0 Å². The van der Waals surface area contributed by atoms with Crippen molar-refractivity contribution in [3.63, 3.8) is 0 Å². The lowest BCUT2D eigenvalue weighted by molar-refractivity contribution is 0.563. The Morgan fingerprint density at radius 1 is 0.706 bits per heavy atom. The zero-order valence-corrected chi connectivity index (χ0v) is 11.2. The highest BCUT2D eigenvalue weighted by molar-refractivity contribution is 7.91. The molecule has 0 aliphatic carbocycles. The van der Waals surface area contributed by atoms with Gasteiger partial charge in [-0.25, -0.2) is 8.42 Å². The smallest absolute Gasteiger partial charge is 0.150 e. The van der Waals surface area contributed by atoms with E-state index in [0.29, 0.717) is 25.7 Å². The molecule has 0 unspecified atom stereocenters. The molecule has 0 aromatic carbocycles. The normalized spacial score (nSPS) is 12.6. The van der Waals surface area contributed by atoms with Crippen LogP contribution in [0, 0.1) is 0 Å². The van der Waals surface area contributed by atoms with Crippen LogP contribution in [0.15, 0.2) is 0 Å². The largest absolute Gasteiger partial charge is 0.316 e. The van der Waals surface area contributed by atoms with Crippen molar-refractivity contribution < 1.29 is 8.42 Å². The molecule has 0 saturated heterocycles. The van der Waals surface area contributed by atoms with Gasteiger partial charge < -0.3 is 22.9 Å². The van der Waals surface area contributed by atoms with Crippen molar-refractivity contribution in [2.75, 3.05) is 11.5 Å². The molecule has 0 rings (SSSR count). The quantitative estimate of drug-likeness (QED) is 0.302. The summed E-state index contributed by atoms with van der Waals surface area (Å²) in [6.45, 7) is 0. The number of sulfone groups is 1. The molecule has 0 aromatic rings. The Morgan fingerprint density at radius 3 is 1.35 bits per heavy atom. The molecular formula is C10H26N4O2S. The molecule has 0 aliphatic heterocycles. The van der Waals surface area contributed by atoms with Crippen LogP contribution in [-0.2, 0) is 9.84 Å². The second-order valence-electron chi connectivity index (χ2n) is 4.47. The fourth-order valence-corrected chi connectivity index (χ4v) is 3.00. The van der Waals surface area contributed by atoms with E-state index in [0.717, 1.165) is 12.8 Å². The molecule has 17 heavy (non-hydrogen) atoms. The van der Waals surface area contributed by atoms with Crippen LogP contribution in [0.2, 0.25) is 0 Å². The number of unbranched alkanes of at least 4 members (excludes halogenated alkanes) is 2. The van der Waals surface area contributed by atoms with Gasteiger partial charge in [-0.1, -0.05) is 0 Å². The predicted molar refractivity (Wildman–Crippen MR) is 70.7 cm³/mol. The summed E-state index contributed by atoms with van der Waals surface area (Å²) in [5, 5.41) is 0. The van der Waals surface area contributed by atoms with Crippen LogP contribution in [0.5, 0.6) is 0 Å². The first kappa shape index (κ1) is 16.8. The van der Waals surface area contributed by atoms with E-state index >= 15 is 0 Å². The maximum Gasteiger partial charge on any atom is 0.150 e. The highest BCUT2D eigenvalue weighted by Crippen LogP contribution is 2.05. The molecule has 0 spiro atoms. The zero-order valence-electron chi connectivity index (χ0n) is 10.3. The highest BCUT2D eigenvalue weighted by Gasteiger charge is 2.10. The molecule has 7 heteroatoms. The van der Waals surface area contributed by atoms with E-state index in [1.807, 2.05) is 0 Å². The summed E-state index contributed by atoms with van der Waals surface area (Å²) in [6, 6.07) is 0. The minimum atomic E-state index is -2.94. The maximum atomic E-state index is 11.6. The van der Waals surface area contributed by atoms with Crippen LogP contribution in [0.1, 0.15) is 38.5 Å². The molecule has 0 aliphatic rings. The van der Waals surface area contributed by atoms with Gasteiger partial charge in [-0.15, -0.1) is 0 Å². The van der Waals surface area contributed by atoms with Gasteiger partial charge in [-0.3, -0.25) is 0 Å². The lowest BCUT2D eigenvalue weighted by Crippen LogP contribution is -2.30. The molecule has 0 saturated carbocycles. The molecule has 0 bridgehead atoms. The number of hydrogen-bond acceptors (Lipinski definition) is 6. The molecule has 0 radical (unpaired) electrons. The topological polar surface area (TPSA) is 138 Å². The zero-order chi connectivity index (χ0) is 13.3. The second-order valence-corrected chi connectivity index (χ2v) is 6.77. The summed E-state index contributed by atoms with van der Waals surface area (Å²) >= 11 is 0. The molecule has 0 amide bonds. The number of nitrogens with two attached hydrogens (primary N) is 4. The Morgan fingerprint density at radius 2 is 1.06 bits per heavy atom. The van der Waals surface area contributed by atoms with Crippen molar-refractivity contribution in [2.45, 2.75) is 50.9 Å². The van der Waals surface area contributed by atoms with E-state index in [2.05, 4.69) is 0 Å². The van der Waals surface area contributed by atoms with Gasteiger partial charge in [0, 0.05) is 0 Å². The van der Waals surface area contributed by atoms with E-state index in [4.69, 9.17) is 22.9 Å². The van der Waals surface area contributed by atoms with Crippen molar-refractivity contribution in [3.05, 3.63) is 0 Å². The summed E-state index contributed by atoms with van der Waals surface area (Å²) in [4.78, 5) is 0. The van der Waals surface area contributed by atoms with Crippen LogP contribution < -0.4 is 22.9 Å². The molecule has 0 atom stereocenters. The first-order chi connectivity index (χ1) is 7.83. The van der Waals surface area contributed by atoms with Crippen LogP contribution in [0.25, 0.3) is 0 Å². The first-order valence-corrected chi connectivity index (χ1v) is 7.88. The van der Waals surface area contributed by atoms with Crippen molar-refractivity contribution in [3.8, 4) is 0 Å². The van der Waals surface area contributed by atoms with Gasteiger partial charge in [-0.05, 0) is 38.5 Å². The van der Waals surface area contributed by atoms with Crippen LogP contribution >= 0.6 is 0 Å². The minimum Gasteiger partial charge on any atom is -0.316 e. The van der Waals surface area contributed by atoms with Crippen molar-refractivity contribution >= 4 is 9.84 Å². The third kappa shape index (κ3) is 12.0. The van der Waals surface area contributed by atoms with Gasteiger partial charge in [0.05, 0.1) is 23.8 Å². The van der Waals surface area contributed by atoms with Gasteiger partial charge in [0.25, 0.3) is 0 Å². The Labute approximate surface area is 104 Å². The first-order valence-electron chi connectivity index (χ1n) is 6.06. The van der Waals surface area contributed by atoms with Crippen molar-refractivity contribution in [2.24, 2.45) is 22.9 Å². The molecule has 104 valence electrons. The standard InChI is InChI=1S/C10H26N4O2S/c11-9(12)5-1-3-7-17(15,16)8-4-2-6-10(13)14/h9-10H,1-8,11-14H2. The van der Waals surface area contributed by atoms with Gasteiger partial charge in [0.1, 0.15) is 9.84 Å². The third-order valence-corrected chi connectivity index (χ3v) is 4.31. The molecule has 0 aromatic heterocycles. The molecule has 0 fully saturated rings. The summed E-state index contributed by atoms with van der Waals surface area (Å²) in [5.41, 5.74) is 21.5. The minimum absolute atomic E-state index is 0.217. The highest BCUT2D eigenvalue weighted by atomic mass is 32.2. The average Bonchev–Trinajstić information content (AvgIpc) is 2.19. The molecule has 8 N–H and O–H groups in total. The Kier molecular flexibility index (Phi) is 8.71. The Bertz CT molecular complexity index is 256. The summed E-state index contributed by atoms with van der Waals surface area (Å²) in [5.74, 6) is 0.433. The maximum absolute atomic E-state index is 11.6. The number of hydrogen-bond donors (Lipinski definition) is 4. The van der Waals surface area contributed by atoms with Gasteiger partial charge in [0.2, 0.25) is 0 Å². The Balaban J connectivity index is 3.59. The van der Waals surface area contributed by atoms with E-state index in [9.17, 15) is 8.42 Å². The van der Waals surface area contributed by atoms with Gasteiger partial charge >= 0.3 is 0 Å². The van der Waals surface area contributed by atoms with Crippen LogP contribution in [0.3, 0.4) is 0 Å². The van der Waals surface area contributed by atoms with Crippen LogP contribution in [-0.4, -0.2) is 32.3 Å². The van der Waals surface area contributed by atoms with Gasteiger partial charge in [-0.2, -0.15) is 0 Å². The monoisotopic (exact) mass is 266 g/mol. The Hall–Kier alpha value is -0.210. The second kappa shape index (κ2) is 8.82. The SMILES string of the molecule is NC(N)CCCCS(=O)(=O)CCCCC(N)N. The predicted octanol–water partition coefficient (Wildman–Crippen LogP) is -0.771. The van der Waals surface area contributed by atoms with Crippen molar-refractivity contribution in [1.29, 1.82) is 0 Å². The molecule has 6 nitrogen and oxygen atoms in total. The van der Waals surface area contributed by atoms with Crippen LogP contribution in [0.4, 0.5) is 0 Å². The fraction of sp³-hybridized carbons (Fsp3) is 1.00. The summed E-state index contributed by atoms with van der Waals surface area (Å²) in [6.07, 6.45) is 3.41. The lowest BCUT2D eigenvalue weighted by Gasteiger charge is -2.07. The fourth-order valence-electron chi connectivity index (χ4n) is 1.51. The molecular weight excluding hydrogens is 240 g/mol. The van der Waals surface area contributed by atoms with E-state index < -0.39 is 9.84 Å².